The molecule has 0 fully saturated rings. The van der Waals surface area contributed by atoms with Crippen molar-refractivity contribution < 1.29 is 0 Å². The van der Waals surface area contributed by atoms with Crippen molar-refractivity contribution in [3.05, 3.63) is 41.9 Å². The predicted octanol–water partition coefficient (Wildman–Crippen LogP) is 1.79. The van der Waals surface area contributed by atoms with Crippen LogP contribution in [0.1, 0.15) is 18.2 Å². The Hall–Kier alpha value is -2.17. The van der Waals surface area contributed by atoms with Crippen molar-refractivity contribution in [2.24, 2.45) is 0 Å². The third kappa shape index (κ3) is 2.74. The minimum atomic E-state index is 0.301. The molecule has 0 amide bonds. The third-order valence-electron chi connectivity index (χ3n) is 2.72. The maximum atomic E-state index is 5.65. The fourth-order valence-electron chi connectivity index (χ4n) is 1.79. The molecule has 2 N–H and O–H groups in total. The first-order valence-electron chi connectivity index (χ1n) is 5.94. The number of hydrogen-bond acceptors (Lipinski definition) is 5. The van der Waals surface area contributed by atoms with Crippen LogP contribution in [0, 0.1) is 6.92 Å². The summed E-state index contributed by atoms with van der Waals surface area (Å²) in [4.78, 5) is 14.8. The summed E-state index contributed by atoms with van der Waals surface area (Å²) in [6, 6.07) is 5.90. The number of nitrogens with two attached hydrogens (primary N) is 1. The van der Waals surface area contributed by atoms with E-state index >= 15 is 0 Å². The van der Waals surface area contributed by atoms with E-state index < -0.39 is 0 Å². The van der Waals surface area contributed by atoms with Crippen molar-refractivity contribution in [1.29, 1.82) is 0 Å². The Labute approximate surface area is 107 Å². The molecule has 2 rings (SSSR count). The van der Waals surface area contributed by atoms with Crippen LogP contribution in [0.2, 0.25) is 0 Å². The first-order chi connectivity index (χ1) is 8.70. The number of rotatable bonds is 4. The van der Waals surface area contributed by atoms with Gasteiger partial charge >= 0.3 is 0 Å². The molecule has 18 heavy (non-hydrogen) atoms. The van der Waals surface area contributed by atoms with E-state index in [2.05, 4.69) is 26.8 Å². The molecule has 0 atom stereocenters. The molecular formula is C13H17N5. The summed E-state index contributed by atoms with van der Waals surface area (Å²) >= 11 is 0. The number of nitrogen functional groups attached to an aromatic ring is 1. The Bertz CT molecular complexity index is 512. The number of aromatic nitrogens is 3. The van der Waals surface area contributed by atoms with Crippen LogP contribution in [0.4, 0.5) is 11.8 Å². The van der Waals surface area contributed by atoms with Crippen LogP contribution in [0.25, 0.3) is 0 Å². The van der Waals surface area contributed by atoms with Gasteiger partial charge in [-0.05, 0) is 26.0 Å². The zero-order valence-corrected chi connectivity index (χ0v) is 10.7. The molecule has 2 aromatic rings. The molecule has 2 aromatic heterocycles. The van der Waals surface area contributed by atoms with Gasteiger partial charge in [0.15, 0.2) is 0 Å². The smallest absolute Gasteiger partial charge is 0.221 e. The van der Waals surface area contributed by atoms with Gasteiger partial charge in [-0.15, -0.1) is 0 Å². The first-order valence-corrected chi connectivity index (χ1v) is 5.94. The standard InChI is InChI=1S/C13H17N5/c1-3-18(9-11-6-4-5-7-15-11)12-10(2)8-16-13(14)17-12/h4-8H,3,9H2,1-2H3,(H2,14,16,17). The highest BCUT2D eigenvalue weighted by Crippen LogP contribution is 2.18. The van der Waals surface area contributed by atoms with Crippen molar-refractivity contribution in [3.8, 4) is 0 Å². The lowest BCUT2D eigenvalue weighted by molar-refractivity contribution is 0.787. The normalized spacial score (nSPS) is 10.3. The fraction of sp³-hybridized carbons (Fsp3) is 0.308. The van der Waals surface area contributed by atoms with Gasteiger partial charge < -0.3 is 10.6 Å². The quantitative estimate of drug-likeness (QED) is 0.886. The van der Waals surface area contributed by atoms with Gasteiger partial charge in [0.2, 0.25) is 5.95 Å². The lowest BCUT2D eigenvalue weighted by Gasteiger charge is -2.23. The zero-order chi connectivity index (χ0) is 13.0. The molecule has 0 aliphatic heterocycles. The van der Waals surface area contributed by atoms with Crippen LogP contribution in [0.15, 0.2) is 30.6 Å². The van der Waals surface area contributed by atoms with Crippen LogP contribution in [0.5, 0.6) is 0 Å². The van der Waals surface area contributed by atoms with Crippen molar-refractivity contribution in [2.75, 3.05) is 17.2 Å². The summed E-state index contributed by atoms with van der Waals surface area (Å²) in [5.74, 6) is 1.17. The minimum absolute atomic E-state index is 0.301. The number of aryl methyl sites for hydroxylation is 1. The molecule has 0 unspecified atom stereocenters. The topological polar surface area (TPSA) is 67.9 Å². The van der Waals surface area contributed by atoms with E-state index in [1.165, 1.54) is 0 Å². The molecule has 0 bridgehead atoms. The van der Waals surface area contributed by atoms with E-state index in [1.807, 2.05) is 25.1 Å². The molecule has 0 aromatic carbocycles. The summed E-state index contributed by atoms with van der Waals surface area (Å²) in [5, 5.41) is 0. The zero-order valence-electron chi connectivity index (χ0n) is 10.7. The molecule has 5 heteroatoms. The molecule has 0 saturated carbocycles. The van der Waals surface area contributed by atoms with E-state index in [9.17, 15) is 0 Å². The lowest BCUT2D eigenvalue weighted by Crippen LogP contribution is -2.25. The molecule has 0 aliphatic rings. The Morgan fingerprint density at radius 1 is 1.28 bits per heavy atom. The second-order valence-electron chi connectivity index (χ2n) is 4.07. The lowest BCUT2D eigenvalue weighted by atomic mass is 10.3. The molecule has 0 saturated heterocycles. The van der Waals surface area contributed by atoms with E-state index in [4.69, 9.17) is 5.73 Å². The van der Waals surface area contributed by atoms with Crippen molar-refractivity contribution in [3.63, 3.8) is 0 Å². The number of anilines is 2. The van der Waals surface area contributed by atoms with E-state index in [1.54, 1.807) is 12.4 Å². The summed E-state index contributed by atoms with van der Waals surface area (Å²) in [6.07, 6.45) is 3.54. The molecular weight excluding hydrogens is 226 g/mol. The SMILES string of the molecule is CCN(Cc1ccccn1)c1nc(N)ncc1C. The van der Waals surface area contributed by atoms with Gasteiger partial charge in [0.05, 0.1) is 12.2 Å². The van der Waals surface area contributed by atoms with E-state index in [-0.39, 0.29) is 0 Å². The van der Waals surface area contributed by atoms with Crippen LogP contribution < -0.4 is 10.6 Å². The van der Waals surface area contributed by atoms with Crippen molar-refractivity contribution >= 4 is 11.8 Å². The van der Waals surface area contributed by atoms with Crippen LogP contribution in [-0.4, -0.2) is 21.5 Å². The minimum Gasteiger partial charge on any atom is -0.368 e. The van der Waals surface area contributed by atoms with Crippen molar-refractivity contribution in [2.45, 2.75) is 20.4 Å². The monoisotopic (exact) mass is 243 g/mol. The third-order valence-corrected chi connectivity index (χ3v) is 2.72. The van der Waals surface area contributed by atoms with E-state index in [0.717, 1.165) is 23.6 Å². The number of hydrogen-bond donors (Lipinski definition) is 1. The van der Waals surface area contributed by atoms with Gasteiger partial charge in [0.25, 0.3) is 0 Å². The predicted molar refractivity (Wildman–Crippen MR) is 72.1 cm³/mol. The molecule has 94 valence electrons. The van der Waals surface area contributed by atoms with Crippen molar-refractivity contribution in [1.82, 2.24) is 15.0 Å². The number of nitrogens with zero attached hydrogens (tertiary/aromatic N) is 4. The van der Waals surface area contributed by atoms with E-state index in [0.29, 0.717) is 12.5 Å². The molecule has 0 spiro atoms. The Kier molecular flexibility index (Phi) is 3.72. The Balaban J connectivity index is 2.26. The average molecular weight is 243 g/mol. The van der Waals surface area contributed by atoms with Gasteiger partial charge in [-0.1, -0.05) is 6.07 Å². The first kappa shape index (κ1) is 12.3. The fourth-order valence-corrected chi connectivity index (χ4v) is 1.79. The van der Waals surface area contributed by atoms with Gasteiger partial charge in [-0.2, -0.15) is 4.98 Å². The summed E-state index contributed by atoms with van der Waals surface area (Å²) < 4.78 is 0. The van der Waals surface area contributed by atoms with Crippen LogP contribution in [-0.2, 0) is 6.54 Å². The summed E-state index contributed by atoms with van der Waals surface area (Å²) in [6.45, 7) is 5.62. The maximum Gasteiger partial charge on any atom is 0.221 e. The molecule has 2 heterocycles. The highest BCUT2D eigenvalue weighted by Gasteiger charge is 2.11. The van der Waals surface area contributed by atoms with Gasteiger partial charge in [0.1, 0.15) is 5.82 Å². The second-order valence-corrected chi connectivity index (χ2v) is 4.07. The van der Waals surface area contributed by atoms with Gasteiger partial charge in [-0.25, -0.2) is 4.98 Å². The molecule has 0 aliphatic carbocycles. The largest absolute Gasteiger partial charge is 0.368 e. The molecule has 0 radical (unpaired) electrons. The van der Waals surface area contributed by atoms with Crippen LogP contribution >= 0.6 is 0 Å². The Morgan fingerprint density at radius 3 is 2.78 bits per heavy atom. The second kappa shape index (κ2) is 5.44. The average Bonchev–Trinajstić information content (AvgIpc) is 2.40. The van der Waals surface area contributed by atoms with Gasteiger partial charge in [-0.3, -0.25) is 4.98 Å². The maximum absolute atomic E-state index is 5.65. The summed E-state index contributed by atoms with van der Waals surface area (Å²) in [5.41, 5.74) is 7.67. The van der Waals surface area contributed by atoms with Crippen LogP contribution in [0.3, 0.4) is 0 Å². The van der Waals surface area contributed by atoms with Gasteiger partial charge in [0, 0.05) is 24.5 Å². The highest BCUT2D eigenvalue weighted by atomic mass is 15.2. The Morgan fingerprint density at radius 2 is 2.11 bits per heavy atom. The number of pyridine rings is 1. The molecule has 5 nitrogen and oxygen atoms in total. The highest BCUT2D eigenvalue weighted by molar-refractivity contribution is 5.48. The summed E-state index contributed by atoms with van der Waals surface area (Å²) in [7, 11) is 0.